The van der Waals surface area contributed by atoms with Gasteiger partial charge in [0, 0.05) is 36.6 Å². The summed E-state index contributed by atoms with van der Waals surface area (Å²) in [5.41, 5.74) is 1.30. The zero-order valence-corrected chi connectivity index (χ0v) is 13.1. The van der Waals surface area contributed by atoms with Crippen molar-refractivity contribution < 1.29 is 9.90 Å². The number of hydrogen-bond acceptors (Lipinski definition) is 2. The fourth-order valence-corrected chi connectivity index (χ4v) is 4.21. The summed E-state index contributed by atoms with van der Waals surface area (Å²) in [5, 5.41) is 10.1. The van der Waals surface area contributed by atoms with Gasteiger partial charge in [0.15, 0.2) is 0 Å². The second-order valence-corrected chi connectivity index (χ2v) is 7.24. The van der Waals surface area contributed by atoms with E-state index in [1.807, 2.05) is 6.07 Å². The molecule has 2 aromatic heterocycles. The Labute approximate surface area is 130 Å². The number of pyridine rings is 1. The van der Waals surface area contributed by atoms with Crippen molar-refractivity contribution in [1.29, 1.82) is 0 Å². The Morgan fingerprint density at radius 2 is 2.14 bits per heavy atom. The number of carboxylic acid groups (broad SMARTS) is 1. The van der Waals surface area contributed by atoms with Crippen molar-refractivity contribution in [3.05, 3.63) is 29.0 Å². The van der Waals surface area contributed by atoms with Crippen LogP contribution in [0.5, 0.6) is 0 Å². The molecule has 0 aromatic carbocycles. The van der Waals surface area contributed by atoms with Crippen molar-refractivity contribution >= 4 is 33.1 Å². The zero-order chi connectivity index (χ0) is 14.6. The molecule has 0 atom stereocenters. The molecule has 110 valence electrons. The standard InChI is InChI=1S/C15H16BrN3O2/c16-12-2-1-11-3-4-18(13(11)17-12)7-10-5-15(6-10)8-19(9-15)14(20)21/h1-4,10H,5-9H2,(H,20,21). The van der Waals surface area contributed by atoms with Gasteiger partial charge in [-0.2, -0.15) is 0 Å². The average Bonchev–Trinajstić information content (AvgIpc) is 2.72. The van der Waals surface area contributed by atoms with Crippen molar-refractivity contribution in [2.75, 3.05) is 13.1 Å². The van der Waals surface area contributed by atoms with Gasteiger partial charge in [-0.3, -0.25) is 0 Å². The summed E-state index contributed by atoms with van der Waals surface area (Å²) in [4.78, 5) is 16.9. The Morgan fingerprint density at radius 1 is 1.38 bits per heavy atom. The van der Waals surface area contributed by atoms with E-state index < -0.39 is 6.09 Å². The predicted octanol–water partition coefficient (Wildman–Crippen LogP) is 3.19. The molecule has 1 amide bonds. The third kappa shape index (κ3) is 2.12. The highest BCUT2D eigenvalue weighted by Gasteiger charge is 2.53. The van der Waals surface area contributed by atoms with Crippen molar-refractivity contribution in [2.24, 2.45) is 11.3 Å². The smallest absolute Gasteiger partial charge is 0.407 e. The number of carbonyl (C=O) groups is 1. The first-order valence-electron chi connectivity index (χ1n) is 7.14. The Kier molecular flexibility index (Phi) is 2.79. The molecule has 2 aromatic rings. The van der Waals surface area contributed by atoms with Gasteiger partial charge in [0.05, 0.1) is 0 Å². The SMILES string of the molecule is O=C(O)N1CC2(CC(Cn3ccc4ccc(Br)nc43)C2)C1. The topological polar surface area (TPSA) is 58.4 Å². The summed E-state index contributed by atoms with van der Waals surface area (Å²) >= 11 is 3.42. The van der Waals surface area contributed by atoms with Crippen molar-refractivity contribution in [1.82, 2.24) is 14.5 Å². The maximum Gasteiger partial charge on any atom is 0.407 e. The largest absolute Gasteiger partial charge is 0.465 e. The van der Waals surface area contributed by atoms with Crippen LogP contribution in [-0.2, 0) is 6.54 Å². The van der Waals surface area contributed by atoms with E-state index in [-0.39, 0.29) is 5.41 Å². The summed E-state index contributed by atoms with van der Waals surface area (Å²) in [6.45, 7) is 2.41. The van der Waals surface area contributed by atoms with Gasteiger partial charge in [0.2, 0.25) is 0 Å². The molecular weight excluding hydrogens is 334 g/mol. The number of nitrogens with zero attached hydrogens (tertiary/aromatic N) is 3. The third-order valence-corrected chi connectivity index (χ3v) is 5.24. The van der Waals surface area contributed by atoms with Crippen LogP contribution in [0.1, 0.15) is 12.8 Å². The van der Waals surface area contributed by atoms with Crippen LogP contribution >= 0.6 is 15.9 Å². The average molecular weight is 350 g/mol. The van der Waals surface area contributed by atoms with Gasteiger partial charge in [-0.15, -0.1) is 0 Å². The second kappa shape index (κ2) is 4.47. The minimum absolute atomic E-state index is 0.278. The van der Waals surface area contributed by atoms with Crippen molar-refractivity contribution in [3.8, 4) is 0 Å². The predicted molar refractivity (Wildman–Crippen MR) is 82.2 cm³/mol. The highest BCUT2D eigenvalue weighted by molar-refractivity contribution is 9.10. The molecule has 2 aliphatic rings. The molecule has 1 saturated heterocycles. The van der Waals surface area contributed by atoms with Gasteiger partial charge in [-0.25, -0.2) is 9.78 Å². The summed E-state index contributed by atoms with van der Waals surface area (Å²) < 4.78 is 3.07. The molecule has 3 heterocycles. The Hall–Kier alpha value is -1.56. The van der Waals surface area contributed by atoms with E-state index in [0.717, 1.165) is 48.1 Å². The number of halogens is 1. The van der Waals surface area contributed by atoms with Crippen LogP contribution in [-0.4, -0.2) is 38.7 Å². The van der Waals surface area contributed by atoms with E-state index in [2.05, 4.69) is 43.8 Å². The van der Waals surface area contributed by atoms with Gasteiger partial charge >= 0.3 is 6.09 Å². The fourth-order valence-electron chi connectivity index (χ4n) is 3.91. The number of amides is 1. The third-order valence-electron chi connectivity index (χ3n) is 4.80. The minimum Gasteiger partial charge on any atom is -0.465 e. The number of rotatable bonds is 2. The van der Waals surface area contributed by atoms with E-state index in [1.54, 1.807) is 0 Å². The molecule has 4 rings (SSSR count). The molecule has 1 aliphatic heterocycles. The van der Waals surface area contributed by atoms with Crippen LogP contribution in [0.3, 0.4) is 0 Å². The molecule has 1 aliphatic carbocycles. The number of likely N-dealkylation sites (tertiary alicyclic amines) is 1. The van der Waals surface area contributed by atoms with Crippen LogP contribution in [0.4, 0.5) is 4.79 Å². The van der Waals surface area contributed by atoms with E-state index in [0.29, 0.717) is 5.92 Å². The second-order valence-electron chi connectivity index (χ2n) is 6.43. The highest BCUT2D eigenvalue weighted by Crippen LogP contribution is 2.52. The molecule has 0 radical (unpaired) electrons. The first kappa shape index (κ1) is 13.1. The lowest BCUT2D eigenvalue weighted by Crippen LogP contribution is -2.63. The summed E-state index contributed by atoms with van der Waals surface area (Å²) in [7, 11) is 0. The highest BCUT2D eigenvalue weighted by atomic mass is 79.9. The van der Waals surface area contributed by atoms with E-state index >= 15 is 0 Å². The first-order chi connectivity index (χ1) is 10.0. The number of aromatic nitrogens is 2. The van der Waals surface area contributed by atoms with E-state index in [4.69, 9.17) is 5.11 Å². The van der Waals surface area contributed by atoms with Crippen LogP contribution in [0.2, 0.25) is 0 Å². The minimum atomic E-state index is -0.783. The summed E-state index contributed by atoms with van der Waals surface area (Å²) in [6, 6.07) is 6.13. The lowest BCUT2D eigenvalue weighted by atomic mass is 9.58. The van der Waals surface area contributed by atoms with Gasteiger partial charge in [-0.1, -0.05) is 0 Å². The molecule has 1 saturated carbocycles. The number of fused-ring (bicyclic) bond motifs is 1. The van der Waals surface area contributed by atoms with Gasteiger partial charge in [0.1, 0.15) is 10.3 Å². The first-order valence-corrected chi connectivity index (χ1v) is 7.93. The maximum absolute atomic E-state index is 10.8. The van der Waals surface area contributed by atoms with Crippen molar-refractivity contribution in [2.45, 2.75) is 19.4 Å². The van der Waals surface area contributed by atoms with Gasteiger partial charge < -0.3 is 14.6 Å². The van der Waals surface area contributed by atoms with Crippen LogP contribution in [0, 0.1) is 11.3 Å². The Morgan fingerprint density at radius 3 is 2.86 bits per heavy atom. The molecule has 21 heavy (non-hydrogen) atoms. The molecule has 2 fully saturated rings. The molecule has 5 nitrogen and oxygen atoms in total. The molecule has 0 bridgehead atoms. The van der Waals surface area contributed by atoms with Gasteiger partial charge in [0.25, 0.3) is 0 Å². The molecule has 1 N–H and O–H groups in total. The summed E-state index contributed by atoms with van der Waals surface area (Å²) in [5.74, 6) is 0.636. The van der Waals surface area contributed by atoms with Crippen LogP contribution < -0.4 is 0 Å². The van der Waals surface area contributed by atoms with Gasteiger partial charge in [-0.05, 0) is 52.9 Å². The normalized spacial score (nSPS) is 20.5. The molecular formula is C15H16BrN3O2. The Bertz CT molecular complexity index is 713. The van der Waals surface area contributed by atoms with E-state index in [1.165, 1.54) is 4.90 Å². The molecule has 6 heteroatoms. The van der Waals surface area contributed by atoms with Crippen LogP contribution in [0.15, 0.2) is 29.0 Å². The lowest BCUT2D eigenvalue weighted by molar-refractivity contribution is -0.0834. The Balaban J connectivity index is 1.42. The maximum atomic E-state index is 10.8. The number of hydrogen-bond donors (Lipinski definition) is 1. The monoisotopic (exact) mass is 349 g/mol. The van der Waals surface area contributed by atoms with Crippen LogP contribution in [0.25, 0.3) is 11.0 Å². The molecule has 0 unspecified atom stereocenters. The van der Waals surface area contributed by atoms with E-state index in [9.17, 15) is 4.79 Å². The van der Waals surface area contributed by atoms with Crippen molar-refractivity contribution in [3.63, 3.8) is 0 Å². The zero-order valence-electron chi connectivity index (χ0n) is 11.5. The fraction of sp³-hybridized carbons (Fsp3) is 0.467. The molecule has 1 spiro atoms. The summed E-state index contributed by atoms with van der Waals surface area (Å²) in [6.07, 6.45) is 3.57. The lowest BCUT2D eigenvalue weighted by Gasteiger charge is -2.58. The quantitative estimate of drug-likeness (QED) is 0.847.